The molecule has 0 amide bonds. The van der Waals surface area contributed by atoms with Crippen LogP contribution in [0, 0.1) is 0 Å². The van der Waals surface area contributed by atoms with Crippen LogP contribution in [0.25, 0.3) is 0 Å². The topological polar surface area (TPSA) is 28.2 Å². The number of nitrogens with zero attached hydrogens (tertiary/aromatic N) is 2. The van der Waals surface area contributed by atoms with Gasteiger partial charge in [0, 0.05) is 11.4 Å². The van der Waals surface area contributed by atoms with Gasteiger partial charge in [0.2, 0.25) is 0 Å². The molecule has 0 bridgehead atoms. The highest BCUT2D eigenvalue weighted by Crippen LogP contribution is 2.32. The third-order valence-corrected chi connectivity index (χ3v) is 4.19. The first kappa shape index (κ1) is 11.0. The van der Waals surface area contributed by atoms with Crippen molar-refractivity contribution in [2.45, 2.75) is 31.8 Å². The van der Waals surface area contributed by atoms with Gasteiger partial charge in [0.25, 0.3) is 0 Å². The quantitative estimate of drug-likeness (QED) is 0.854. The summed E-state index contributed by atoms with van der Waals surface area (Å²) < 4.78 is 0. The summed E-state index contributed by atoms with van der Waals surface area (Å²) in [6.45, 7) is 3.36. The number of aromatic nitrogens is 1. The minimum atomic E-state index is 0.363. The zero-order chi connectivity index (χ0) is 10.8. The number of rotatable bonds is 3. The number of nitrogens with one attached hydrogen (secondary N) is 1. The van der Waals surface area contributed by atoms with Crippen LogP contribution in [0.1, 0.15) is 42.6 Å². The van der Waals surface area contributed by atoms with Crippen molar-refractivity contribution in [1.82, 2.24) is 15.2 Å². The highest BCUT2D eigenvalue weighted by atomic mass is 32.1. The average molecular weight is 225 g/mol. The second kappa shape index (κ2) is 4.60. The van der Waals surface area contributed by atoms with Crippen LogP contribution in [-0.2, 0) is 0 Å². The monoisotopic (exact) mass is 225 g/mol. The van der Waals surface area contributed by atoms with E-state index in [1.54, 1.807) is 11.3 Å². The van der Waals surface area contributed by atoms with Gasteiger partial charge in [0.05, 0.1) is 11.7 Å². The molecule has 15 heavy (non-hydrogen) atoms. The van der Waals surface area contributed by atoms with E-state index in [1.807, 2.05) is 7.05 Å². The van der Waals surface area contributed by atoms with Crippen LogP contribution in [-0.4, -0.2) is 30.5 Å². The number of thiazole rings is 1. The molecular formula is C11H19N3S. The number of likely N-dealkylation sites (tertiary alicyclic amines) is 1. The largest absolute Gasteiger partial charge is 0.312 e. The van der Waals surface area contributed by atoms with Gasteiger partial charge in [-0.05, 0) is 40.4 Å². The van der Waals surface area contributed by atoms with Gasteiger partial charge in [0.15, 0.2) is 0 Å². The second-order valence-corrected chi connectivity index (χ2v) is 5.15. The molecule has 2 rings (SSSR count). The van der Waals surface area contributed by atoms with E-state index in [0.29, 0.717) is 12.1 Å². The maximum atomic E-state index is 4.73. The predicted octanol–water partition coefficient (Wildman–Crippen LogP) is 2.19. The summed E-state index contributed by atoms with van der Waals surface area (Å²) in [7, 11) is 4.17. The van der Waals surface area contributed by atoms with Crippen LogP contribution in [0.3, 0.4) is 0 Å². The maximum Gasteiger partial charge on any atom is 0.110 e. The van der Waals surface area contributed by atoms with Crippen LogP contribution in [0.5, 0.6) is 0 Å². The molecule has 0 saturated carbocycles. The molecular weight excluding hydrogens is 206 g/mol. The molecule has 0 aliphatic carbocycles. The Bertz CT molecular complexity index is 323. The first-order valence-corrected chi connectivity index (χ1v) is 6.43. The third-order valence-electron chi connectivity index (χ3n) is 3.22. The van der Waals surface area contributed by atoms with Gasteiger partial charge < -0.3 is 5.32 Å². The molecule has 0 aromatic carbocycles. The molecule has 84 valence electrons. The van der Waals surface area contributed by atoms with Crippen molar-refractivity contribution in [2.75, 3.05) is 20.6 Å². The Balaban J connectivity index is 2.12. The molecule has 1 aliphatic heterocycles. The lowest BCUT2D eigenvalue weighted by Crippen LogP contribution is -2.18. The van der Waals surface area contributed by atoms with Crippen molar-refractivity contribution in [3.05, 3.63) is 16.1 Å². The van der Waals surface area contributed by atoms with E-state index in [2.05, 4.69) is 29.6 Å². The van der Waals surface area contributed by atoms with Crippen molar-refractivity contribution < 1.29 is 0 Å². The summed E-state index contributed by atoms with van der Waals surface area (Å²) in [6, 6.07) is 0.925. The van der Waals surface area contributed by atoms with Crippen molar-refractivity contribution >= 4 is 11.3 Å². The van der Waals surface area contributed by atoms with E-state index in [0.717, 1.165) is 0 Å². The van der Waals surface area contributed by atoms with Crippen LogP contribution in [0.15, 0.2) is 5.38 Å². The Labute approximate surface area is 95.5 Å². The molecule has 3 nitrogen and oxygen atoms in total. The van der Waals surface area contributed by atoms with E-state index >= 15 is 0 Å². The Kier molecular flexibility index (Phi) is 3.38. The number of hydrogen-bond acceptors (Lipinski definition) is 4. The molecule has 2 atom stereocenters. The molecule has 1 aromatic heterocycles. The van der Waals surface area contributed by atoms with Gasteiger partial charge >= 0.3 is 0 Å². The first-order chi connectivity index (χ1) is 7.22. The molecule has 0 radical (unpaired) electrons. The molecule has 1 aliphatic rings. The van der Waals surface area contributed by atoms with Crippen LogP contribution in [0.4, 0.5) is 0 Å². The lowest BCUT2D eigenvalue weighted by molar-refractivity contribution is 0.316. The van der Waals surface area contributed by atoms with Gasteiger partial charge in [-0.15, -0.1) is 11.3 Å². The highest BCUT2D eigenvalue weighted by molar-refractivity contribution is 7.09. The summed E-state index contributed by atoms with van der Waals surface area (Å²) >= 11 is 1.80. The molecule has 2 heterocycles. The van der Waals surface area contributed by atoms with Crippen molar-refractivity contribution in [1.29, 1.82) is 0 Å². The average Bonchev–Trinajstić information content (AvgIpc) is 2.84. The minimum Gasteiger partial charge on any atom is -0.312 e. The van der Waals surface area contributed by atoms with E-state index in [4.69, 9.17) is 4.98 Å². The molecule has 1 N–H and O–H groups in total. The van der Waals surface area contributed by atoms with Crippen LogP contribution >= 0.6 is 11.3 Å². The molecule has 4 heteroatoms. The van der Waals surface area contributed by atoms with Crippen molar-refractivity contribution in [2.24, 2.45) is 0 Å². The van der Waals surface area contributed by atoms with Gasteiger partial charge in [-0.25, -0.2) is 4.98 Å². The van der Waals surface area contributed by atoms with Gasteiger partial charge in [-0.2, -0.15) is 0 Å². The summed E-state index contributed by atoms with van der Waals surface area (Å²) in [5.41, 5.74) is 1.18. The maximum absolute atomic E-state index is 4.73. The fourth-order valence-corrected chi connectivity index (χ4v) is 3.13. The fraction of sp³-hybridized carbons (Fsp3) is 0.727. The first-order valence-electron chi connectivity index (χ1n) is 5.55. The van der Waals surface area contributed by atoms with E-state index < -0.39 is 0 Å². The standard InChI is InChI=1S/C11H19N3S/c1-8(12-2)9-7-15-11(13-9)10-5-4-6-14(10)3/h7-8,10,12H,4-6H2,1-3H3. The Hall–Kier alpha value is -0.450. The van der Waals surface area contributed by atoms with Crippen LogP contribution < -0.4 is 5.32 Å². The van der Waals surface area contributed by atoms with E-state index in [1.165, 1.54) is 30.1 Å². The van der Waals surface area contributed by atoms with E-state index in [-0.39, 0.29) is 0 Å². The smallest absolute Gasteiger partial charge is 0.110 e. The van der Waals surface area contributed by atoms with Gasteiger partial charge in [-0.1, -0.05) is 0 Å². The summed E-state index contributed by atoms with van der Waals surface area (Å²) in [5, 5.41) is 6.69. The lowest BCUT2D eigenvalue weighted by atomic mass is 10.2. The van der Waals surface area contributed by atoms with Gasteiger partial charge in [-0.3, -0.25) is 4.90 Å². The molecule has 2 unspecified atom stereocenters. The van der Waals surface area contributed by atoms with Crippen LogP contribution in [0.2, 0.25) is 0 Å². The lowest BCUT2D eigenvalue weighted by Gasteiger charge is -2.16. The SMILES string of the molecule is CNC(C)c1csc(C2CCCN2C)n1. The highest BCUT2D eigenvalue weighted by Gasteiger charge is 2.25. The zero-order valence-electron chi connectivity index (χ0n) is 9.66. The van der Waals surface area contributed by atoms with Gasteiger partial charge in [0.1, 0.15) is 5.01 Å². The van der Waals surface area contributed by atoms with Crippen molar-refractivity contribution in [3.8, 4) is 0 Å². The molecule has 1 aromatic rings. The minimum absolute atomic E-state index is 0.363. The van der Waals surface area contributed by atoms with E-state index in [9.17, 15) is 0 Å². The Morgan fingerprint density at radius 3 is 3.07 bits per heavy atom. The summed E-state index contributed by atoms with van der Waals surface area (Å²) in [5.74, 6) is 0. The molecule has 0 spiro atoms. The number of hydrogen-bond donors (Lipinski definition) is 1. The third kappa shape index (κ3) is 2.22. The normalized spacial score (nSPS) is 24.6. The summed E-state index contributed by atoms with van der Waals surface area (Å²) in [4.78, 5) is 7.14. The Morgan fingerprint density at radius 1 is 1.67 bits per heavy atom. The summed E-state index contributed by atoms with van der Waals surface area (Å²) in [6.07, 6.45) is 2.56. The predicted molar refractivity (Wildman–Crippen MR) is 64.2 cm³/mol. The Morgan fingerprint density at radius 2 is 2.47 bits per heavy atom. The zero-order valence-corrected chi connectivity index (χ0v) is 10.5. The molecule has 1 saturated heterocycles. The fourth-order valence-electron chi connectivity index (χ4n) is 2.02. The van der Waals surface area contributed by atoms with Crippen molar-refractivity contribution in [3.63, 3.8) is 0 Å². The molecule has 1 fully saturated rings. The second-order valence-electron chi connectivity index (χ2n) is 4.26.